The largest absolute Gasteiger partial charge is 0.350 e. The van der Waals surface area contributed by atoms with Crippen LogP contribution in [0.1, 0.15) is 35.0 Å². The van der Waals surface area contributed by atoms with Crippen LogP contribution >= 0.6 is 0 Å². The van der Waals surface area contributed by atoms with Gasteiger partial charge in [-0.1, -0.05) is 5.16 Å². The Bertz CT molecular complexity index is 636. The Morgan fingerprint density at radius 1 is 1.39 bits per heavy atom. The van der Waals surface area contributed by atoms with Crippen molar-refractivity contribution in [3.8, 4) is 0 Å². The van der Waals surface area contributed by atoms with E-state index < -0.39 is 0 Å². The van der Waals surface area contributed by atoms with Gasteiger partial charge in [0.25, 0.3) is 5.91 Å². The average Bonchev–Trinajstić information content (AvgIpc) is 2.99. The highest BCUT2D eigenvalue weighted by Crippen LogP contribution is 2.17. The highest BCUT2D eigenvalue weighted by Gasteiger charge is 2.21. The summed E-state index contributed by atoms with van der Waals surface area (Å²) in [5.41, 5.74) is 0.359. The first-order chi connectivity index (χ1) is 11.2. The molecule has 1 N–H and O–H groups in total. The van der Waals surface area contributed by atoms with Crippen molar-refractivity contribution < 1.29 is 9.32 Å². The lowest BCUT2D eigenvalue weighted by Gasteiger charge is -2.31. The van der Waals surface area contributed by atoms with Crippen LogP contribution in [0.15, 0.2) is 23.1 Å². The molecule has 0 unspecified atom stereocenters. The van der Waals surface area contributed by atoms with Crippen LogP contribution in [0.2, 0.25) is 0 Å². The summed E-state index contributed by atoms with van der Waals surface area (Å²) in [6, 6.07) is 0. The molecule has 0 aliphatic carbocycles. The van der Waals surface area contributed by atoms with Gasteiger partial charge in [-0.15, -0.1) is 0 Å². The zero-order valence-corrected chi connectivity index (χ0v) is 13.1. The summed E-state index contributed by atoms with van der Waals surface area (Å²) < 4.78 is 4.99. The number of likely N-dealkylation sites (tertiary alicyclic amines) is 1. The summed E-state index contributed by atoms with van der Waals surface area (Å²) in [4.78, 5) is 26.4. The lowest BCUT2D eigenvalue weighted by molar-refractivity contribution is 0.0929. The Balaban J connectivity index is 1.40. The van der Waals surface area contributed by atoms with Gasteiger partial charge in [0.15, 0.2) is 5.82 Å². The number of nitrogens with zero attached hydrogens (tertiary/aromatic N) is 5. The summed E-state index contributed by atoms with van der Waals surface area (Å²) in [5.74, 6) is 1.65. The molecule has 3 heterocycles. The quantitative estimate of drug-likeness (QED) is 0.871. The Labute approximate surface area is 134 Å². The van der Waals surface area contributed by atoms with Crippen LogP contribution in [-0.2, 0) is 6.54 Å². The zero-order chi connectivity index (χ0) is 16.1. The van der Waals surface area contributed by atoms with Gasteiger partial charge in [0.1, 0.15) is 5.69 Å². The number of aromatic nitrogens is 4. The first kappa shape index (κ1) is 15.5. The van der Waals surface area contributed by atoms with Gasteiger partial charge in [0.05, 0.1) is 12.7 Å². The third-order valence-corrected chi connectivity index (χ3v) is 3.99. The molecule has 23 heavy (non-hydrogen) atoms. The van der Waals surface area contributed by atoms with E-state index in [-0.39, 0.29) is 5.91 Å². The van der Waals surface area contributed by atoms with E-state index in [1.165, 1.54) is 12.4 Å². The average molecular weight is 316 g/mol. The third-order valence-electron chi connectivity index (χ3n) is 3.99. The van der Waals surface area contributed by atoms with Gasteiger partial charge < -0.3 is 9.84 Å². The van der Waals surface area contributed by atoms with Crippen molar-refractivity contribution in [3.63, 3.8) is 0 Å². The van der Waals surface area contributed by atoms with Gasteiger partial charge >= 0.3 is 0 Å². The molecule has 1 aliphatic heterocycles. The molecular weight excluding hydrogens is 296 g/mol. The Hall–Kier alpha value is -2.35. The molecule has 3 rings (SSSR count). The van der Waals surface area contributed by atoms with Crippen molar-refractivity contribution in [2.24, 2.45) is 5.92 Å². The number of nitrogens with one attached hydrogen (secondary N) is 1. The molecule has 0 bridgehead atoms. The fourth-order valence-corrected chi connectivity index (χ4v) is 2.70. The van der Waals surface area contributed by atoms with E-state index in [2.05, 4.69) is 30.3 Å². The van der Waals surface area contributed by atoms with Gasteiger partial charge in [0.2, 0.25) is 5.89 Å². The first-order valence-corrected chi connectivity index (χ1v) is 7.76. The van der Waals surface area contributed by atoms with E-state index in [0.717, 1.165) is 38.3 Å². The van der Waals surface area contributed by atoms with Crippen LogP contribution < -0.4 is 5.32 Å². The van der Waals surface area contributed by atoms with Crippen molar-refractivity contribution in [1.82, 2.24) is 30.3 Å². The SMILES string of the molecule is Cc1nc(CN2CCC(CNC(=O)c3cnccn3)CC2)no1. The van der Waals surface area contributed by atoms with Crippen molar-refractivity contribution in [2.45, 2.75) is 26.3 Å². The van der Waals surface area contributed by atoms with Crippen LogP contribution in [0.25, 0.3) is 0 Å². The molecule has 2 aromatic heterocycles. The summed E-state index contributed by atoms with van der Waals surface area (Å²) in [6.45, 7) is 5.13. The second-order valence-corrected chi connectivity index (χ2v) is 5.75. The fourth-order valence-electron chi connectivity index (χ4n) is 2.70. The van der Waals surface area contributed by atoms with E-state index in [1.54, 1.807) is 13.1 Å². The first-order valence-electron chi connectivity index (χ1n) is 7.76. The summed E-state index contributed by atoms with van der Waals surface area (Å²) in [7, 11) is 0. The van der Waals surface area contributed by atoms with Crippen molar-refractivity contribution in [2.75, 3.05) is 19.6 Å². The maximum absolute atomic E-state index is 11.9. The van der Waals surface area contributed by atoms with Crippen LogP contribution in [-0.4, -0.2) is 50.5 Å². The molecule has 8 heteroatoms. The minimum Gasteiger partial charge on any atom is -0.350 e. The monoisotopic (exact) mass is 316 g/mol. The van der Waals surface area contributed by atoms with Crippen LogP contribution in [0.4, 0.5) is 0 Å². The van der Waals surface area contributed by atoms with E-state index in [0.29, 0.717) is 24.0 Å². The number of amides is 1. The molecule has 122 valence electrons. The predicted molar refractivity (Wildman–Crippen MR) is 81.4 cm³/mol. The summed E-state index contributed by atoms with van der Waals surface area (Å²) in [5, 5.41) is 6.86. The Morgan fingerprint density at radius 2 is 2.22 bits per heavy atom. The second kappa shape index (κ2) is 7.28. The number of piperidine rings is 1. The van der Waals surface area contributed by atoms with Crippen LogP contribution in [0.5, 0.6) is 0 Å². The van der Waals surface area contributed by atoms with Crippen molar-refractivity contribution in [3.05, 3.63) is 36.0 Å². The highest BCUT2D eigenvalue weighted by molar-refractivity contribution is 5.91. The molecule has 0 saturated carbocycles. The molecule has 0 aromatic carbocycles. The Morgan fingerprint density at radius 3 is 2.87 bits per heavy atom. The van der Waals surface area contributed by atoms with Crippen molar-refractivity contribution in [1.29, 1.82) is 0 Å². The smallest absolute Gasteiger partial charge is 0.271 e. The molecule has 8 nitrogen and oxygen atoms in total. The minimum absolute atomic E-state index is 0.164. The number of rotatable bonds is 5. The Kier molecular flexibility index (Phi) is 4.92. The van der Waals surface area contributed by atoms with E-state index in [4.69, 9.17) is 4.52 Å². The molecule has 1 fully saturated rings. The van der Waals surface area contributed by atoms with Gasteiger partial charge in [-0.3, -0.25) is 14.7 Å². The molecule has 0 radical (unpaired) electrons. The number of carbonyl (C=O) groups excluding carboxylic acids is 1. The standard InChI is InChI=1S/C15H20N6O2/c1-11-19-14(20-23-11)10-21-6-2-12(3-7-21)8-18-15(22)13-9-16-4-5-17-13/h4-5,9,12H,2-3,6-8,10H2,1H3,(H,18,22). The maximum atomic E-state index is 11.9. The normalized spacial score (nSPS) is 16.4. The van der Waals surface area contributed by atoms with Gasteiger partial charge in [-0.05, 0) is 31.8 Å². The minimum atomic E-state index is -0.164. The van der Waals surface area contributed by atoms with Gasteiger partial charge in [0, 0.05) is 25.9 Å². The van der Waals surface area contributed by atoms with Gasteiger partial charge in [-0.25, -0.2) is 4.98 Å². The van der Waals surface area contributed by atoms with E-state index in [1.807, 2.05) is 0 Å². The zero-order valence-electron chi connectivity index (χ0n) is 13.1. The summed E-state index contributed by atoms with van der Waals surface area (Å²) in [6.07, 6.45) is 6.63. The van der Waals surface area contributed by atoms with Crippen LogP contribution in [0, 0.1) is 12.8 Å². The van der Waals surface area contributed by atoms with E-state index >= 15 is 0 Å². The lowest BCUT2D eigenvalue weighted by atomic mass is 9.97. The number of carbonyl (C=O) groups is 1. The predicted octanol–water partition coefficient (Wildman–Crippen LogP) is 0.810. The van der Waals surface area contributed by atoms with E-state index in [9.17, 15) is 4.79 Å². The molecule has 1 aliphatic rings. The lowest BCUT2D eigenvalue weighted by Crippen LogP contribution is -2.38. The molecule has 0 atom stereocenters. The molecular formula is C15H20N6O2. The topological polar surface area (TPSA) is 97.0 Å². The van der Waals surface area contributed by atoms with Crippen LogP contribution in [0.3, 0.4) is 0 Å². The molecule has 2 aromatic rings. The van der Waals surface area contributed by atoms with Crippen molar-refractivity contribution >= 4 is 5.91 Å². The van der Waals surface area contributed by atoms with Gasteiger partial charge in [-0.2, -0.15) is 4.98 Å². The molecule has 1 saturated heterocycles. The summed E-state index contributed by atoms with van der Waals surface area (Å²) >= 11 is 0. The molecule has 0 spiro atoms. The second-order valence-electron chi connectivity index (χ2n) is 5.75. The highest BCUT2D eigenvalue weighted by atomic mass is 16.5. The number of aryl methyl sites for hydroxylation is 1. The molecule has 1 amide bonds. The number of hydrogen-bond acceptors (Lipinski definition) is 7. The maximum Gasteiger partial charge on any atom is 0.271 e. The number of hydrogen-bond donors (Lipinski definition) is 1. The third kappa shape index (κ3) is 4.32. The fraction of sp³-hybridized carbons (Fsp3) is 0.533.